The topological polar surface area (TPSA) is 98.2 Å². The molecule has 0 saturated carbocycles. The Labute approximate surface area is 159 Å². The third-order valence-electron chi connectivity index (χ3n) is 4.25. The molecule has 0 radical (unpaired) electrons. The van der Waals surface area contributed by atoms with E-state index in [9.17, 15) is 14.7 Å². The summed E-state index contributed by atoms with van der Waals surface area (Å²) in [4.78, 5) is 29.4. The molecule has 0 bridgehead atoms. The molecule has 0 unspecified atom stereocenters. The molecule has 0 fully saturated rings. The number of pyridine rings is 1. The summed E-state index contributed by atoms with van der Waals surface area (Å²) >= 11 is 7.30. The van der Waals surface area contributed by atoms with Crippen LogP contribution in [-0.4, -0.2) is 26.3 Å². The molecular weight excluding hydrogens is 374 g/mol. The minimum atomic E-state index is -0.928. The largest absolute Gasteiger partial charge is 0.494 e. The zero-order valence-corrected chi connectivity index (χ0v) is 16.1. The molecule has 136 valence electrons. The molecule has 0 aliphatic rings. The summed E-state index contributed by atoms with van der Waals surface area (Å²) in [5.74, 6) is -1.10. The minimum absolute atomic E-state index is 0.0737. The molecule has 6 nitrogen and oxygen atoms in total. The van der Waals surface area contributed by atoms with Crippen molar-refractivity contribution in [3.8, 4) is 5.88 Å². The van der Waals surface area contributed by atoms with Gasteiger partial charge in [0.25, 0.3) is 0 Å². The third-order valence-corrected chi connectivity index (χ3v) is 5.51. The molecule has 8 heteroatoms. The maximum atomic E-state index is 13.0. The maximum absolute atomic E-state index is 13.0. The summed E-state index contributed by atoms with van der Waals surface area (Å²) in [5, 5.41) is 12.9. The molecule has 0 atom stereocenters. The molecule has 26 heavy (non-hydrogen) atoms. The summed E-state index contributed by atoms with van der Waals surface area (Å²) in [6.07, 6.45) is 0. The number of amides is 1. The fourth-order valence-electron chi connectivity index (χ4n) is 2.70. The summed E-state index contributed by atoms with van der Waals surface area (Å²) in [6.45, 7) is 5.34. The number of nitrogens with zero attached hydrogens (tertiary/aromatic N) is 2. The monoisotopic (exact) mass is 391 g/mol. The molecular formula is C18H18ClN3O3S. The van der Waals surface area contributed by atoms with E-state index in [1.54, 1.807) is 32.0 Å². The number of carbonyl (C=O) groups is 2. The lowest BCUT2D eigenvalue weighted by Crippen LogP contribution is -2.35. The molecule has 0 spiro atoms. The number of thiophene rings is 1. The normalized spacial score (nSPS) is 11.8. The van der Waals surface area contributed by atoms with Crippen molar-refractivity contribution in [3.63, 3.8) is 0 Å². The average Bonchev–Trinajstić information content (AvgIpc) is 3.09. The number of rotatable bonds is 5. The van der Waals surface area contributed by atoms with Crippen LogP contribution in [0.5, 0.6) is 5.88 Å². The van der Waals surface area contributed by atoms with E-state index in [0.717, 1.165) is 5.56 Å². The summed E-state index contributed by atoms with van der Waals surface area (Å²) in [7, 11) is 0. The number of hydrogen-bond donors (Lipinski definition) is 2. The van der Waals surface area contributed by atoms with Crippen LogP contribution in [0, 0.1) is 12.3 Å². The van der Waals surface area contributed by atoms with Crippen molar-refractivity contribution in [2.75, 3.05) is 0 Å². The van der Waals surface area contributed by atoms with Gasteiger partial charge in [0.1, 0.15) is 16.2 Å². The number of hydrogen-bond acceptors (Lipinski definition) is 5. The lowest BCUT2D eigenvalue weighted by Gasteiger charge is -2.22. The highest BCUT2D eigenvalue weighted by molar-refractivity contribution is 7.12. The van der Waals surface area contributed by atoms with Crippen LogP contribution in [0.4, 0.5) is 0 Å². The zero-order valence-electron chi connectivity index (χ0n) is 14.5. The van der Waals surface area contributed by atoms with Crippen molar-refractivity contribution < 1.29 is 14.7 Å². The molecule has 3 heterocycles. The number of aromatic nitrogens is 2. The molecule has 0 aliphatic heterocycles. The van der Waals surface area contributed by atoms with Gasteiger partial charge < -0.3 is 15.4 Å². The molecule has 3 N–H and O–H groups in total. The van der Waals surface area contributed by atoms with Crippen LogP contribution in [0.2, 0.25) is 5.15 Å². The highest BCUT2D eigenvalue weighted by Gasteiger charge is 2.31. The number of halogens is 1. The van der Waals surface area contributed by atoms with Crippen LogP contribution in [0.3, 0.4) is 0 Å². The van der Waals surface area contributed by atoms with Gasteiger partial charge in [0.2, 0.25) is 17.6 Å². The van der Waals surface area contributed by atoms with E-state index >= 15 is 0 Å². The van der Waals surface area contributed by atoms with Gasteiger partial charge in [-0.1, -0.05) is 11.6 Å². The van der Waals surface area contributed by atoms with Crippen LogP contribution in [0.25, 0.3) is 11.0 Å². The molecule has 0 aromatic carbocycles. The fraction of sp³-hybridized carbons (Fsp3) is 0.278. The van der Waals surface area contributed by atoms with Crippen LogP contribution >= 0.6 is 22.9 Å². The number of fused-ring (bicyclic) bond motifs is 1. The third kappa shape index (κ3) is 3.08. The Morgan fingerprint density at radius 3 is 2.65 bits per heavy atom. The highest BCUT2D eigenvalue weighted by Crippen LogP contribution is 2.36. The van der Waals surface area contributed by atoms with Crippen LogP contribution < -0.4 is 5.73 Å². The first-order valence-corrected chi connectivity index (χ1v) is 9.15. The first-order valence-electron chi connectivity index (χ1n) is 7.89. The molecule has 3 aromatic heterocycles. The minimum Gasteiger partial charge on any atom is -0.494 e. The van der Waals surface area contributed by atoms with Crippen molar-refractivity contribution in [1.29, 1.82) is 0 Å². The van der Waals surface area contributed by atoms with E-state index in [-0.39, 0.29) is 28.9 Å². The molecule has 3 aromatic rings. The Kier molecular flexibility index (Phi) is 4.54. The number of ketones is 1. The van der Waals surface area contributed by atoms with Crippen LogP contribution in [-0.2, 0) is 11.3 Å². The summed E-state index contributed by atoms with van der Waals surface area (Å²) < 4.78 is 1.48. The quantitative estimate of drug-likeness (QED) is 0.513. The summed E-state index contributed by atoms with van der Waals surface area (Å²) in [6, 6.07) is 4.99. The second kappa shape index (κ2) is 6.41. The van der Waals surface area contributed by atoms with Gasteiger partial charge >= 0.3 is 0 Å². The number of aromatic hydroxyl groups is 1. The predicted molar refractivity (Wildman–Crippen MR) is 102 cm³/mol. The lowest BCUT2D eigenvalue weighted by molar-refractivity contribution is -0.126. The van der Waals surface area contributed by atoms with Crippen LogP contribution in [0.15, 0.2) is 23.6 Å². The van der Waals surface area contributed by atoms with Gasteiger partial charge in [-0.25, -0.2) is 4.98 Å². The van der Waals surface area contributed by atoms with E-state index in [1.165, 1.54) is 15.9 Å². The number of aryl methyl sites for hydroxylation is 1. The van der Waals surface area contributed by atoms with Gasteiger partial charge in [-0.3, -0.25) is 9.59 Å². The SMILES string of the molecule is Cc1csc(C(=O)c2c(O)n(CC(C)(C)C(N)=O)c3ccc(Cl)nc23)c1. The van der Waals surface area contributed by atoms with E-state index in [2.05, 4.69) is 4.98 Å². The zero-order chi connectivity index (χ0) is 19.2. The number of carbonyl (C=O) groups excluding carboxylic acids is 2. The smallest absolute Gasteiger partial charge is 0.224 e. The van der Waals surface area contributed by atoms with E-state index in [0.29, 0.717) is 15.9 Å². The number of primary amides is 1. The van der Waals surface area contributed by atoms with E-state index in [4.69, 9.17) is 17.3 Å². The number of nitrogens with two attached hydrogens (primary N) is 1. The van der Waals surface area contributed by atoms with Crippen molar-refractivity contribution in [2.45, 2.75) is 27.3 Å². The van der Waals surface area contributed by atoms with Crippen molar-refractivity contribution in [3.05, 3.63) is 44.7 Å². The molecule has 0 aliphatic carbocycles. The standard InChI is InChI=1S/C18H18ClN3O3S/c1-9-6-11(26-7-9)15(23)13-14-10(4-5-12(19)21-14)22(16(13)24)8-18(2,3)17(20)25/h4-7,24H,8H2,1-3H3,(H2,20,25). The first-order chi connectivity index (χ1) is 12.1. The Morgan fingerprint density at radius 2 is 2.08 bits per heavy atom. The molecule has 3 rings (SSSR count). The maximum Gasteiger partial charge on any atom is 0.224 e. The van der Waals surface area contributed by atoms with Gasteiger partial charge in [-0.05, 0) is 49.9 Å². The fourth-order valence-corrected chi connectivity index (χ4v) is 3.69. The Balaban J connectivity index is 2.23. The van der Waals surface area contributed by atoms with Gasteiger partial charge in [0, 0.05) is 6.54 Å². The van der Waals surface area contributed by atoms with Gasteiger partial charge in [-0.2, -0.15) is 0 Å². The second-order valence-corrected chi connectivity index (χ2v) is 8.15. The molecule has 0 saturated heterocycles. The van der Waals surface area contributed by atoms with Crippen LogP contribution in [0.1, 0.15) is 34.6 Å². The summed E-state index contributed by atoms with van der Waals surface area (Å²) in [5.41, 5.74) is 6.38. The second-order valence-electron chi connectivity index (χ2n) is 6.85. The van der Waals surface area contributed by atoms with E-state index < -0.39 is 11.3 Å². The average molecular weight is 392 g/mol. The predicted octanol–water partition coefficient (Wildman–Crippen LogP) is 3.51. The first kappa shape index (κ1) is 18.4. The Morgan fingerprint density at radius 1 is 1.38 bits per heavy atom. The van der Waals surface area contributed by atoms with Crippen molar-refractivity contribution in [2.24, 2.45) is 11.1 Å². The highest BCUT2D eigenvalue weighted by atomic mass is 35.5. The van der Waals surface area contributed by atoms with Gasteiger partial charge in [0.05, 0.1) is 15.8 Å². The van der Waals surface area contributed by atoms with E-state index in [1.807, 2.05) is 12.3 Å². The van der Waals surface area contributed by atoms with Crippen molar-refractivity contribution in [1.82, 2.24) is 9.55 Å². The molecule has 1 amide bonds. The van der Waals surface area contributed by atoms with Crippen molar-refractivity contribution >= 4 is 45.7 Å². The van der Waals surface area contributed by atoms with Gasteiger partial charge in [-0.15, -0.1) is 11.3 Å². The lowest BCUT2D eigenvalue weighted by atomic mass is 9.92. The Hall–Kier alpha value is -2.38. The van der Waals surface area contributed by atoms with Gasteiger partial charge in [0.15, 0.2) is 0 Å². The Bertz CT molecular complexity index is 1040.